The number of ketones is 1. The first-order valence-electron chi connectivity index (χ1n) is 10.7. The summed E-state index contributed by atoms with van der Waals surface area (Å²) < 4.78 is 27.8. The molecule has 5 N–H and O–H groups in total. The Morgan fingerprint density at radius 2 is 2.14 bits per heavy atom. The Kier molecular flexibility index (Phi) is 8.42. The molecule has 1 aliphatic carbocycles. The van der Waals surface area contributed by atoms with Crippen molar-refractivity contribution in [2.75, 3.05) is 11.9 Å². The zero-order chi connectivity index (χ0) is 26.0. The van der Waals surface area contributed by atoms with Crippen molar-refractivity contribution in [1.82, 2.24) is 9.97 Å². The van der Waals surface area contributed by atoms with Crippen LogP contribution in [0.15, 0.2) is 47.3 Å². The minimum Gasteiger partial charge on any atom is -0.393 e. The van der Waals surface area contributed by atoms with E-state index in [1.54, 1.807) is 24.3 Å². The number of aromatic nitrogens is 2. The summed E-state index contributed by atoms with van der Waals surface area (Å²) in [6, 6.07) is 8.41. The molecule has 10 nitrogen and oxygen atoms in total. The van der Waals surface area contributed by atoms with Crippen molar-refractivity contribution in [3.63, 3.8) is 0 Å². The van der Waals surface area contributed by atoms with Gasteiger partial charge in [-0.1, -0.05) is 39.7 Å². The molecule has 0 bridgehead atoms. The summed E-state index contributed by atoms with van der Waals surface area (Å²) >= 11 is 10.8. The highest BCUT2D eigenvalue weighted by atomic mass is 79.9. The normalized spacial score (nSPS) is 20.9. The van der Waals surface area contributed by atoms with Crippen LogP contribution in [0.3, 0.4) is 0 Å². The number of aliphatic hydroxyl groups excluding tert-OH is 2. The molecule has 2 heterocycles. The van der Waals surface area contributed by atoms with E-state index in [0.717, 1.165) is 15.8 Å². The van der Waals surface area contributed by atoms with E-state index in [1.807, 2.05) is 6.07 Å². The maximum Gasteiger partial charge on any atom is 0.333 e. The number of carbonyl (C=O) groups is 1. The third-order valence-corrected chi connectivity index (χ3v) is 8.14. The molecule has 0 amide bonds. The smallest absolute Gasteiger partial charge is 0.333 e. The van der Waals surface area contributed by atoms with Crippen molar-refractivity contribution in [2.24, 2.45) is 11.1 Å². The summed E-state index contributed by atoms with van der Waals surface area (Å²) in [6.07, 6.45) is 1.50. The molecular weight excluding hydrogens is 596 g/mol. The summed E-state index contributed by atoms with van der Waals surface area (Å²) in [4.78, 5) is 21.8. The summed E-state index contributed by atoms with van der Waals surface area (Å²) in [6.45, 7) is -0.246. The zero-order valence-electron chi connectivity index (χ0n) is 18.5. The van der Waals surface area contributed by atoms with E-state index in [4.69, 9.17) is 16.7 Å². The largest absolute Gasteiger partial charge is 0.393 e. The van der Waals surface area contributed by atoms with Gasteiger partial charge in [-0.25, -0.2) is 15.1 Å². The van der Waals surface area contributed by atoms with Crippen molar-refractivity contribution in [3.05, 3.63) is 73.2 Å². The van der Waals surface area contributed by atoms with Crippen LogP contribution in [0.1, 0.15) is 45.3 Å². The molecule has 4 atom stereocenters. The Balaban J connectivity index is 1.51. The van der Waals surface area contributed by atoms with Gasteiger partial charge in [-0.15, -0.1) is 11.3 Å². The van der Waals surface area contributed by atoms with Gasteiger partial charge in [-0.3, -0.25) is 8.98 Å². The molecule has 3 aromatic rings. The Hall–Kier alpha value is -1.97. The van der Waals surface area contributed by atoms with Crippen LogP contribution >= 0.6 is 38.9 Å². The fourth-order valence-corrected chi connectivity index (χ4v) is 6.11. The van der Waals surface area contributed by atoms with Gasteiger partial charge in [-0.05, 0) is 36.6 Å². The van der Waals surface area contributed by atoms with Gasteiger partial charge in [0, 0.05) is 28.2 Å². The molecule has 0 spiro atoms. The number of thiophene rings is 1. The number of aliphatic hydroxyl groups is 2. The molecule has 14 heteroatoms. The van der Waals surface area contributed by atoms with Crippen LogP contribution in [-0.2, 0) is 14.5 Å². The summed E-state index contributed by atoms with van der Waals surface area (Å²) in [5.41, 5.74) is 1.22. The van der Waals surface area contributed by atoms with Crippen molar-refractivity contribution < 1.29 is 27.6 Å². The third kappa shape index (κ3) is 6.47. The Morgan fingerprint density at radius 3 is 2.86 bits per heavy atom. The van der Waals surface area contributed by atoms with Crippen LogP contribution in [0.4, 0.5) is 5.82 Å². The van der Waals surface area contributed by atoms with Gasteiger partial charge in [0.15, 0.2) is 0 Å². The van der Waals surface area contributed by atoms with Crippen LogP contribution in [0.25, 0.3) is 0 Å². The Morgan fingerprint density at radius 1 is 1.36 bits per heavy atom. The lowest BCUT2D eigenvalue weighted by atomic mass is 10.0. The van der Waals surface area contributed by atoms with E-state index >= 15 is 0 Å². The standard InChI is InChI=1S/C22H22BrClN4O6S2/c23-13-3-1-2-11(4-13)19(30)15-7-18(35-21(15)24)20(31)16-8-26-10-27-22(16)28-14-5-12(17(29)6-14)9-34-36(25,32)33/h1-4,7-8,10,12,14,17,19,29-30H,5-6,9H2,(H2,25,32,33)(H,26,27,28)/t12-,14-,17+,19?/m1/s1. The van der Waals surface area contributed by atoms with Crippen molar-refractivity contribution in [1.29, 1.82) is 0 Å². The van der Waals surface area contributed by atoms with Crippen LogP contribution in [0, 0.1) is 5.92 Å². The molecule has 1 fully saturated rings. The van der Waals surface area contributed by atoms with Crippen molar-refractivity contribution >= 4 is 60.8 Å². The van der Waals surface area contributed by atoms with Gasteiger partial charge in [-0.2, -0.15) is 8.42 Å². The second-order valence-corrected chi connectivity index (χ2v) is 12.1. The molecule has 1 aromatic carbocycles. The molecule has 1 saturated carbocycles. The number of nitrogens with zero attached hydrogens (tertiary/aromatic N) is 2. The molecule has 0 aliphatic heterocycles. The molecule has 0 radical (unpaired) electrons. The fourth-order valence-electron chi connectivity index (χ4n) is 4.06. The average Bonchev–Trinajstić information content (AvgIpc) is 3.38. The Labute approximate surface area is 224 Å². The van der Waals surface area contributed by atoms with Gasteiger partial charge in [0.2, 0.25) is 5.78 Å². The summed E-state index contributed by atoms with van der Waals surface area (Å²) in [7, 11) is -4.11. The van der Waals surface area contributed by atoms with Crippen LogP contribution < -0.4 is 10.5 Å². The summed E-state index contributed by atoms with van der Waals surface area (Å²) in [5.74, 6) is -0.579. The van der Waals surface area contributed by atoms with Crippen molar-refractivity contribution in [2.45, 2.75) is 31.1 Å². The van der Waals surface area contributed by atoms with E-state index < -0.39 is 28.4 Å². The first kappa shape index (κ1) is 27.1. The average molecular weight is 618 g/mol. The van der Waals surface area contributed by atoms with E-state index in [0.29, 0.717) is 28.8 Å². The lowest BCUT2D eigenvalue weighted by molar-refractivity contribution is 0.101. The van der Waals surface area contributed by atoms with Gasteiger partial charge < -0.3 is 15.5 Å². The van der Waals surface area contributed by atoms with Gasteiger partial charge in [0.05, 0.1) is 27.5 Å². The summed E-state index contributed by atoms with van der Waals surface area (Å²) in [5, 5.41) is 29.1. The van der Waals surface area contributed by atoms with Gasteiger partial charge in [0.25, 0.3) is 0 Å². The molecule has 2 aromatic heterocycles. The number of rotatable bonds is 9. The number of benzene rings is 1. The van der Waals surface area contributed by atoms with Crippen LogP contribution in [0.2, 0.25) is 4.34 Å². The quantitative estimate of drug-likeness (QED) is 0.264. The highest BCUT2D eigenvalue weighted by Crippen LogP contribution is 2.37. The Bertz CT molecular complexity index is 1370. The molecule has 1 unspecified atom stereocenters. The lowest BCUT2D eigenvalue weighted by Gasteiger charge is -2.15. The second kappa shape index (κ2) is 11.2. The molecule has 192 valence electrons. The number of nitrogens with two attached hydrogens (primary N) is 1. The highest BCUT2D eigenvalue weighted by Gasteiger charge is 2.35. The van der Waals surface area contributed by atoms with Crippen molar-refractivity contribution in [3.8, 4) is 0 Å². The predicted molar refractivity (Wildman–Crippen MR) is 138 cm³/mol. The van der Waals surface area contributed by atoms with Crippen LogP contribution in [-0.4, -0.2) is 53.1 Å². The van der Waals surface area contributed by atoms with E-state index in [-0.39, 0.29) is 34.1 Å². The SMILES string of the molecule is NS(=O)(=O)OC[C@H]1C[C@@H](Nc2ncncc2C(=O)c2cc(C(O)c3cccc(Br)c3)c(Cl)s2)C[C@@H]1O. The predicted octanol–water partition coefficient (Wildman–Crippen LogP) is 3.04. The first-order chi connectivity index (χ1) is 17.0. The molecule has 4 rings (SSSR count). The number of carbonyl (C=O) groups excluding carboxylic acids is 1. The minimum absolute atomic E-state index is 0.192. The zero-order valence-corrected chi connectivity index (χ0v) is 22.5. The second-order valence-electron chi connectivity index (χ2n) is 8.33. The lowest BCUT2D eigenvalue weighted by Crippen LogP contribution is -2.24. The maximum absolute atomic E-state index is 13.4. The van der Waals surface area contributed by atoms with E-state index in [2.05, 4.69) is 35.4 Å². The fraction of sp³-hybridized carbons (Fsp3) is 0.318. The third-order valence-electron chi connectivity index (χ3n) is 5.80. The minimum atomic E-state index is -4.11. The van der Waals surface area contributed by atoms with Gasteiger partial charge >= 0.3 is 10.3 Å². The highest BCUT2D eigenvalue weighted by molar-refractivity contribution is 9.10. The number of hydrogen-bond donors (Lipinski definition) is 4. The number of anilines is 1. The monoisotopic (exact) mass is 616 g/mol. The molecule has 0 saturated heterocycles. The molecule has 1 aliphatic rings. The van der Waals surface area contributed by atoms with E-state index in [1.165, 1.54) is 12.5 Å². The number of halogens is 2. The van der Waals surface area contributed by atoms with Crippen LogP contribution in [0.5, 0.6) is 0 Å². The molecular formula is C22H22BrClN4O6S2. The van der Waals surface area contributed by atoms with Gasteiger partial charge in [0.1, 0.15) is 18.2 Å². The number of nitrogens with one attached hydrogen (secondary N) is 1. The first-order valence-corrected chi connectivity index (χ1v) is 14.2. The number of hydrogen-bond acceptors (Lipinski definition) is 10. The maximum atomic E-state index is 13.4. The topological polar surface area (TPSA) is 165 Å². The van der Waals surface area contributed by atoms with E-state index in [9.17, 15) is 23.4 Å². The molecule has 36 heavy (non-hydrogen) atoms.